The average molecular weight is 361 g/mol. The Bertz CT molecular complexity index is 844. The van der Waals surface area contributed by atoms with Crippen molar-refractivity contribution in [2.45, 2.75) is 18.9 Å². The summed E-state index contributed by atoms with van der Waals surface area (Å²) >= 11 is 0. The third-order valence-electron chi connectivity index (χ3n) is 4.12. The van der Waals surface area contributed by atoms with Crippen LogP contribution in [-0.2, 0) is 0 Å². The first kappa shape index (κ1) is 17.8. The predicted molar refractivity (Wildman–Crippen MR) is 88.7 cm³/mol. The second-order valence-electron chi connectivity index (χ2n) is 6.00. The van der Waals surface area contributed by atoms with Crippen LogP contribution in [-0.4, -0.2) is 40.9 Å². The van der Waals surface area contributed by atoms with E-state index < -0.39 is 17.5 Å². The molecule has 1 saturated heterocycles. The molecule has 1 aliphatic rings. The maximum atomic E-state index is 13.4. The molecule has 1 atom stereocenters. The van der Waals surface area contributed by atoms with E-state index in [1.165, 1.54) is 23.2 Å². The van der Waals surface area contributed by atoms with E-state index in [-0.39, 0.29) is 23.3 Å². The molecule has 0 bridgehead atoms. The Hall–Kier alpha value is -3.03. The van der Waals surface area contributed by atoms with Crippen molar-refractivity contribution in [3.05, 3.63) is 59.4 Å². The molecular formula is C18H17F2N3O3. The first-order valence-corrected chi connectivity index (χ1v) is 8.11. The van der Waals surface area contributed by atoms with Crippen molar-refractivity contribution in [3.8, 4) is 5.75 Å². The van der Waals surface area contributed by atoms with Crippen molar-refractivity contribution < 1.29 is 23.1 Å². The zero-order chi connectivity index (χ0) is 18.7. The van der Waals surface area contributed by atoms with Crippen molar-refractivity contribution in [2.75, 3.05) is 13.1 Å². The molecule has 6 nitrogen and oxygen atoms in total. The highest BCUT2D eigenvalue weighted by Crippen LogP contribution is 2.21. The van der Waals surface area contributed by atoms with Crippen LogP contribution < -0.4 is 10.5 Å². The number of halogens is 2. The second-order valence-corrected chi connectivity index (χ2v) is 6.00. The van der Waals surface area contributed by atoms with E-state index in [1.54, 1.807) is 6.07 Å². The summed E-state index contributed by atoms with van der Waals surface area (Å²) in [6.07, 6.45) is 2.55. The Kier molecular flexibility index (Phi) is 5.11. The summed E-state index contributed by atoms with van der Waals surface area (Å²) in [5.41, 5.74) is 5.38. The van der Waals surface area contributed by atoms with E-state index in [4.69, 9.17) is 10.5 Å². The van der Waals surface area contributed by atoms with Crippen LogP contribution in [0.25, 0.3) is 0 Å². The van der Waals surface area contributed by atoms with E-state index in [9.17, 15) is 18.4 Å². The van der Waals surface area contributed by atoms with Crippen LogP contribution in [0.1, 0.15) is 33.7 Å². The minimum atomic E-state index is -1.06. The molecule has 1 aromatic carbocycles. The molecular weight excluding hydrogens is 344 g/mol. The maximum absolute atomic E-state index is 13.4. The van der Waals surface area contributed by atoms with Gasteiger partial charge >= 0.3 is 0 Å². The Labute approximate surface area is 148 Å². The average Bonchev–Trinajstić information content (AvgIpc) is 2.64. The van der Waals surface area contributed by atoms with Crippen LogP contribution in [0.2, 0.25) is 0 Å². The van der Waals surface area contributed by atoms with Crippen LogP contribution in [0.5, 0.6) is 5.75 Å². The van der Waals surface area contributed by atoms with Gasteiger partial charge < -0.3 is 15.4 Å². The quantitative estimate of drug-likeness (QED) is 0.904. The lowest BCUT2D eigenvalue weighted by Crippen LogP contribution is -2.44. The summed E-state index contributed by atoms with van der Waals surface area (Å²) in [4.78, 5) is 29.1. The van der Waals surface area contributed by atoms with E-state index in [1.807, 2.05) is 0 Å². The standard InChI is InChI=1S/C18H17F2N3O3/c19-14-4-3-11(8-15(14)20)18(25)23-7-1-2-13(10-23)26-12-5-6-22-16(9-12)17(21)24/h3-6,8-9,13H,1-2,7,10H2,(H2,21,24). The summed E-state index contributed by atoms with van der Waals surface area (Å²) < 4.78 is 32.2. The van der Waals surface area contributed by atoms with Gasteiger partial charge in [0.15, 0.2) is 11.6 Å². The van der Waals surface area contributed by atoms with Crippen molar-refractivity contribution in [3.63, 3.8) is 0 Å². The largest absolute Gasteiger partial charge is 0.488 e. The Morgan fingerprint density at radius 1 is 1.19 bits per heavy atom. The number of piperidine rings is 1. The van der Waals surface area contributed by atoms with Crippen LogP contribution in [0.4, 0.5) is 8.78 Å². The Morgan fingerprint density at radius 3 is 2.73 bits per heavy atom. The lowest BCUT2D eigenvalue weighted by molar-refractivity contribution is 0.0537. The fourth-order valence-corrected chi connectivity index (χ4v) is 2.84. The first-order valence-electron chi connectivity index (χ1n) is 8.11. The number of primary amides is 1. The van der Waals surface area contributed by atoms with Gasteiger partial charge in [-0.15, -0.1) is 0 Å². The van der Waals surface area contributed by atoms with Gasteiger partial charge in [-0.3, -0.25) is 14.6 Å². The highest BCUT2D eigenvalue weighted by molar-refractivity contribution is 5.94. The minimum Gasteiger partial charge on any atom is -0.488 e. The molecule has 2 amide bonds. The van der Waals surface area contributed by atoms with Crippen molar-refractivity contribution in [2.24, 2.45) is 5.73 Å². The van der Waals surface area contributed by atoms with Crippen molar-refractivity contribution in [1.29, 1.82) is 0 Å². The lowest BCUT2D eigenvalue weighted by Gasteiger charge is -2.33. The van der Waals surface area contributed by atoms with E-state index in [0.29, 0.717) is 25.3 Å². The number of amides is 2. The number of hydrogen-bond donors (Lipinski definition) is 1. The molecule has 0 spiro atoms. The molecule has 2 heterocycles. The zero-order valence-corrected chi connectivity index (χ0v) is 13.8. The number of carbonyl (C=O) groups is 2. The maximum Gasteiger partial charge on any atom is 0.267 e. The molecule has 26 heavy (non-hydrogen) atoms. The molecule has 0 saturated carbocycles. The highest BCUT2D eigenvalue weighted by atomic mass is 19.2. The molecule has 2 N–H and O–H groups in total. The fourth-order valence-electron chi connectivity index (χ4n) is 2.84. The number of nitrogens with two attached hydrogens (primary N) is 1. The molecule has 1 aromatic heterocycles. The Balaban J connectivity index is 1.69. The minimum absolute atomic E-state index is 0.0875. The summed E-state index contributed by atoms with van der Waals surface area (Å²) in [7, 11) is 0. The van der Waals surface area contributed by atoms with Gasteiger partial charge in [0.25, 0.3) is 11.8 Å². The van der Waals surface area contributed by atoms with Gasteiger partial charge in [0, 0.05) is 24.4 Å². The van der Waals surface area contributed by atoms with Gasteiger partial charge in [0.1, 0.15) is 17.5 Å². The van der Waals surface area contributed by atoms with Gasteiger partial charge in [-0.2, -0.15) is 0 Å². The second kappa shape index (κ2) is 7.47. The molecule has 1 aliphatic heterocycles. The van der Waals surface area contributed by atoms with Crippen molar-refractivity contribution in [1.82, 2.24) is 9.88 Å². The number of benzene rings is 1. The fraction of sp³-hybridized carbons (Fsp3) is 0.278. The number of nitrogens with zero attached hydrogens (tertiary/aromatic N) is 2. The van der Waals surface area contributed by atoms with Gasteiger partial charge in [-0.25, -0.2) is 8.78 Å². The number of rotatable bonds is 4. The third-order valence-corrected chi connectivity index (χ3v) is 4.12. The van der Waals surface area contributed by atoms with Crippen LogP contribution >= 0.6 is 0 Å². The number of hydrogen-bond acceptors (Lipinski definition) is 4. The normalized spacial score (nSPS) is 17.0. The third kappa shape index (κ3) is 3.96. The van der Waals surface area contributed by atoms with Crippen molar-refractivity contribution >= 4 is 11.8 Å². The smallest absolute Gasteiger partial charge is 0.267 e. The molecule has 0 aliphatic carbocycles. The van der Waals surface area contributed by atoms with E-state index in [0.717, 1.165) is 18.6 Å². The molecule has 8 heteroatoms. The monoisotopic (exact) mass is 361 g/mol. The van der Waals surface area contributed by atoms with E-state index >= 15 is 0 Å². The Morgan fingerprint density at radius 2 is 2.00 bits per heavy atom. The number of pyridine rings is 1. The zero-order valence-electron chi connectivity index (χ0n) is 13.8. The molecule has 0 radical (unpaired) electrons. The van der Waals surface area contributed by atoms with Gasteiger partial charge in [-0.05, 0) is 37.1 Å². The number of carbonyl (C=O) groups excluding carboxylic acids is 2. The van der Waals surface area contributed by atoms with Crippen LogP contribution in [0.3, 0.4) is 0 Å². The summed E-state index contributed by atoms with van der Waals surface area (Å²) in [5.74, 6) is -2.67. The summed E-state index contributed by atoms with van der Waals surface area (Å²) in [5, 5.41) is 0. The molecule has 1 unspecified atom stereocenters. The predicted octanol–water partition coefficient (Wildman–Crippen LogP) is 2.14. The molecule has 136 valence electrons. The first-order chi connectivity index (χ1) is 12.4. The van der Waals surface area contributed by atoms with Gasteiger partial charge in [-0.1, -0.05) is 0 Å². The van der Waals surface area contributed by atoms with E-state index in [2.05, 4.69) is 4.98 Å². The van der Waals surface area contributed by atoms with Gasteiger partial charge in [0.05, 0.1) is 6.54 Å². The molecule has 3 rings (SSSR count). The number of ether oxygens (including phenoxy) is 1. The molecule has 1 fully saturated rings. The number of likely N-dealkylation sites (tertiary alicyclic amines) is 1. The highest BCUT2D eigenvalue weighted by Gasteiger charge is 2.26. The van der Waals surface area contributed by atoms with Crippen LogP contribution in [0.15, 0.2) is 36.5 Å². The topological polar surface area (TPSA) is 85.5 Å². The van der Waals surface area contributed by atoms with Gasteiger partial charge in [0.2, 0.25) is 0 Å². The summed E-state index contributed by atoms with van der Waals surface area (Å²) in [6, 6.07) is 6.13. The summed E-state index contributed by atoms with van der Waals surface area (Å²) in [6.45, 7) is 0.798. The van der Waals surface area contributed by atoms with Crippen LogP contribution in [0, 0.1) is 11.6 Å². The molecule has 2 aromatic rings. The lowest BCUT2D eigenvalue weighted by atomic mass is 10.1. The number of aromatic nitrogens is 1. The SMILES string of the molecule is NC(=O)c1cc(OC2CCCN(C(=O)c3ccc(F)c(F)c3)C2)ccn1.